The Kier molecular flexibility index (Phi) is 4.04. The lowest BCUT2D eigenvalue weighted by molar-refractivity contribution is 0.509. The molecule has 0 fully saturated rings. The first-order chi connectivity index (χ1) is 8.65. The molecule has 1 unspecified atom stereocenters. The van der Waals surface area contributed by atoms with Crippen LogP contribution in [0, 0.1) is 11.6 Å². The first kappa shape index (κ1) is 13.1. The van der Waals surface area contributed by atoms with E-state index in [4.69, 9.17) is 5.73 Å². The molecule has 1 atom stereocenters. The predicted octanol–water partition coefficient (Wildman–Crippen LogP) is 3.54. The van der Waals surface area contributed by atoms with Crippen LogP contribution in [0.5, 0.6) is 0 Å². The van der Waals surface area contributed by atoms with E-state index in [-0.39, 0.29) is 5.92 Å². The molecule has 0 saturated heterocycles. The van der Waals surface area contributed by atoms with Crippen molar-refractivity contribution < 1.29 is 8.78 Å². The van der Waals surface area contributed by atoms with Crippen molar-refractivity contribution in [3.05, 3.63) is 40.9 Å². The largest absolute Gasteiger partial charge is 0.330 e. The topological polar surface area (TPSA) is 38.9 Å². The molecule has 5 heteroatoms. The van der Waals surface area contributed by atoms with E-state index in [9.17, 15) is 8.78 Å². The van der Waals surface area contributed by atoms with Crippen LogP contribution in [-0.4, -0.2) is 11.5 Å². The van der Waals surface area contributed by atoms with E-state index in [1.54, 1.807) is 0 Å². The van der Waals surface area contributed by atoms with Crippen LogP contribution >= 0.6 is 11.3 Å². The van der Waals surface area contributed by atoms with Crippen molar-refractivity contribution in [2.24, 2.45) is 5.73 Å². The quantitative estimate of drug-likeness (QED) is 0.921. The molecule has 2 nitrogen and oxygen atoms in total. The summed E-state index contributed by atoms with van der Waals surface area (Å²) in [7, 11) is 0. The van der Waals surface area contributed by atoms with Crippen LogP contribution < -0.4 is 5.73 Å². The molecule has 0 amide bonds. The summed E-state index contributed by atoms with van der Waals surface area (Å²) in [5.74, 6) is -1.47. The van der Waals surface area contributed by atoms with E-state index >= 15 is 0 Å². The molecular formula is C13H14F2N2S. The number of thiazole rings is 1. The maximum atomic E-state index is 13.1. The summed E-state index contributed by atoms with van der Waals surface area (Å²) in [5.41, 5.74) is 7.18. The fourth-order valence-electron chi connectivity index (χ4n) is 1.73. The molecule has 1 aromatic carbocycles. The van der Waals surface area contributed by atoms with Gasteiger partial charge in [0.05, 0.1) is 5.69 Å². The average molecular weight is 268 g/mol. The number of hydrogen-bond donors (Lipinski definition) is 1. The van der Waals surface area contributed by atoms with Crippen LogP contribution in [0.3, 0.4) is 0 Å². The third-order valence-electron chi connectivity index (χ3n) is 2.88. The smallest absolute Gasteiger partial charge is 0.159 e. The van der Waals surface area contributed by atoms with Gasteiger partial charge in [0.1, 0.15) is 5.01 Å². The molecule has 0 aliphatic rings. The maximum Gasteiger partial charge on any atom is 0.159 e. The van der Waals surface area contributed by atoms with Gasteiger partial charge in [-0.15, -0.1) is 11.3 Å². The van der Waals surface area contributed by atoms with Gasteiger partial charge in [-0.05, 0) is 24.6 Å². The highest BCUT2D eigenvalue weighted by Gasteiger charge is 2.13. The number of hydrogen-bond acceptors (Lipinski definition) is 3. The van der Waals surface area contributed by atoms with Gasteiger partial charge in [-0.25, -0.2) is 13.8 Å². The van der Waals surface area contributed by atoms with Crippen molar-refractivity contribution in [2.45, 2.75) is 19.3 Å². The third-order valence-corrected chi connectivity index (χ3v) is 3.79. The lowest BCUT2D eigenvalue weighted by atomic mass is 10.0. The van der Waals surface area contributed by atoms with E-state index in [0.717, 1.165) is 18.2 Å². The lowest BCUT2D eigenvalue weighted by Gasteiger charge is -2.07. The Morgan fingerprint density at radius 2 is 2.11 bits per heavy atom. The summed E-state index contributed by atoms with van der Waals surface area (Å²) in [6.07, 6.45) is 0.914. The normalized spacial score (nSPS) is 12.7. The van der Waals surface area contributed by atoms with Crippen LogP contribution in [0.15, 0.2) is 23.6 Å². The van der Waals surface area contributed by atoms with Gasteiger partial charge in [-0.1, -0.05) is 6.92 Å². The average Bonchev–Trinajstić information content (AvgIpc) is 2.84. The fourth-order valence-corrected chi connectivity index (χ4v) is 2.63. The molecule has 0 aliphatic heterocycles. The second-order valence-electron chi connectivity index (χ2n) is 4.05. The molecular weight excluding hydrogens is 254 g/mol. The number of rotatable bonds is 4. The van der Waals surface area contributed by atoms with E-state index in [1.165, 1.54) is 23.5 Å². The highest BCUT2D eigenvalue weighted by atomic mass is 32.1. The van der Waals surface area contributed by atoms with E-state index in [0.29, 0.717) is 17.1 Å². The Morgan fingerprint density at radius 1 is 1.33 bits per heavy atom. The lowest BCUT2D eigenvalue weighted by Crippen LogP contribution is -2.11. The molecule has 2 rings (SSSR count). The summed E-state index contributed by atoms with van der Waals surface area (Å²) in [6.45, 7) is 2.59. The van der Waals surface area contributed by atoms with Gasteiger partial charge >= 0.3 is 0 Å². The fraction of sp³-hybridized carbons (Fsp3) is 0.308. The Labute approximate surface area is 108 Å². The molecule has 0 saturated carbocycles. The molecule has 18 heavy (non-hydrogen) atoms. The minimum Gasteiger partial charge on any atom is -0.330 e. The molecule has 0 bridgehead atoms. The summed E-state index contributed by atoms with van der Waals surface area (Å²) >= 11 is 1.42. The third kappa shape index (κ3) is 2.57. The number of aromatic nitrogens is 1. The standard InChI is InChI=1S/C13H14F2N2S/c1-2-8(6-16)12-7-18-13(17-12)9-3-4-10(14)11(15)5-9/h3-5,7-8H,2,6,16H2,1H3. The zero-order valence-corrected chi connectivity index (χ0v) is 10.8. The molecule has 1 heterocycles. The predicted molar refractivity (Wildman–Crippen MR) is 69.6 cm³/mol. The highest BCUT2D eigenvalue weighted by Crippen LogP contribution is 2.28. The van der Waals surface area contributed by atoms with Gasteiger partial charge < -0.3 is 5.73 Å². The summed E-state index contributed by atoms with van der Waals surface area (Å²) in [5, 5.41) is 2.62. The van der Waals surface area contributed by atoms with Crippen molar-refractivity contribution in [3.8, 4) is 10.6 Å². The Balaban J connectivity index is 2.31. The Morgan fingerprint density at radius 3 is 2.72 bits per heavy atom. The van der Waals surface area contributed by atoms with E-state index < -0.39 is 11.6 Å². The summed E-state index contributed by atoms with van der Waals surface area (Å²) < 4.78 is 26.0. The molecule has 0 radical (unpaired) electrons. The number of nitrogens with zero attached hydrogens (tertiary/aromatic N) is 1. The van der Waals surface area contributed by atoms with Crippen molar-refractivity contribution in [2.75, 3.05) is 6.54 Å². The molecule has 0 spiro atoms. The van der Waals surface area contributed by atoms with Crippen LogP contribution in [0.1, 0.15) is 25.0 Å². The number of nitrogens with two attached hydrogens (primary N) is 1. The Bertz CT molecular complexity index is 536. The first-order valence-corrected chi connectivity index (χ1v) is 6.64. The first-order valence-electron chi connectivity index (χ1n) is 5.76. The van der Waals surface area contributed by atoms with Crippen LogP contribution in [0.4, 0.5) is 8.78 Å². The maximum absolute atomic E-state index is 13.1. The molecule has 0 aliphatic carbocycles. The van der Waals surface area contributed by atoms with Gasteiger partial charge in [0.2, 0.25) is 0 Å². The Hall–Kier alpha value is -1.33. The van der Waals surface area contributed by atoms with Gasteiger partial charge in [-0.3, -0.25) is 0 Å². The van der Waals surface area contributed by atoms with Gasteiger partial charge in [0, 0.05) is 23.4 Å². The number of halogens is 2. The van der Waals surface area contributed by atoms with Gasteiger partial charge in [-0.2, -0.15) is 0 Å². The van der Waals surface area contributed by atoms with E-state index in [2.05, 4.69) is 4.98 Å². The van der Waals surface area contributed by atoms with E-state index in [1.807, 2.05) is 12.3 Å². The SMILES string of the molecule is CCC(CN)c1csc(-c2ccc(F)c(F)c2)n1. The number of benzene rings is 1. The second-order valence-corrected chi connectivity index (χ2v) is 4.91. The van der Waals surface area contributed by atoms with Gasteiger partial charge in [0.15, 0.2) is 11.6 Å². The molecule has 1 aromatic heterocycles. The zero-order chi connectivity index (χ0) is 13.1. The van der Waals surface area contributed by atoms with Crippen LogP contribution in [0.2, 0.25) is 0 Å². The molecule has 96 valence electrons. The monoisotopic (exact) mass is 268 g/mol. The minimum atomic E-state index is -0.852. The molecule has 2 aromatic rings. The van der Waals surface area contributed by atoms with Crippen molar-refractivity contribution in [1.29, 1.82) is 0 Å². The summed E-state index contributed by atoms with van der Waals surface area (Å²) in [6, 6.07) is 3.82. The second kappa shape index (κ2) is 5.54. The molecule has 2 N–H and O–H groups in total. The van der Waals surface area contributed by atoms with Crippen molar-refractivity contribution in [1.82, 2.24) is 4.98 Å². The van der Waals surface area contributed by atoms with Gasteiger partial charge in [0.25, 0.3) is 0 Å². The van der Waals surface area contributed by atoms with Crippen molar-refractivity contribution >= 4 is 11.3 Å². The van der Waals surface area contributed by atoms with Crippen molar-refractivity contribution in [3.63, 3.8) is 0 Å². The minimum absolute atomic E-state index is 0.222. The van der Waals surface area contributed by atoms with Crippen LogP contribution in [0.25, 0.3) is 10.6 Å². The highest BCUT2D eigenvalue weighted by molar-refractivity contribution is 7.13. The zero-order valence-electron chi connectivity index (χ0n) is 9.99. The summed E-state index contributed by atoms with van der Waals surface area (Å²) in [4.78, 5) is 4.44. The van der Waals surface area contributed by atoms with Crippen LogP contribution in [-0.2, 0) is 0 Å².